The molecule has 164 valence electrons. The molecule has 9 heteroatoms. The summed E-state index contributed by atoms with van der Waals surface area (Å²) in [6.07, 6.45) is 1.90. The minimum absolute atomic E-state index is 0.0389. The van der Waals surface area contributed by atoms with Gasteiger partial charge in [0.2, 0.25) is 5.56 Å². The SMILES string of the molecule is CN(C)C(=O)c1c2c(cn(-c3ccc(F)cc3)c1=O)CN(C(=O)c1cccc(=O)[nH]1)CC2. The minimum Gasteiger partial charge on any atom is -0.345 e. The maximum atomic E-state index is 13.4. The highest BCUT2D eigenvalue weighted by atomic mass is 19.1. The average Bonchev–Trinajstić information content (AvgIpc) is 2.78. The van der Waals surface area contributed by atoms with Crippen LogP contribution in [0.15, 0.2) is 58.3 Å². The fourth-order valence-corrected chi connectivity index (χ4v) is 3.81. The van der Waals surface area contributed by atoms with Gasteiger partial charge in [0.1, 0.15) is 17.1 Å². The van der Waals surface area contributed by atoms with Crippen LogP contribution in [0.5, 0.6) is 0 Å². The van der Waals surface area contributed by atoms with Gasteiger partial charge in [0.15, 0.2) is 0 Å². The molecule has 0 spiro atoms. The maximum Gasteiger partial charge on any atom is 0.270 e. The molecule has 0 fully saturated rings. The smallest absolute Gasteiger partial charge is 0.270 e. The number of pyridine rings is 2. The standard InChI is InChI=1S/C23H21FN4O4/c1-26(2)22(31)20-17-10-11-27(21(30)18-4-3-5-19(29)25-18)12-14(17)13-28(23(20)32)16-8-6-15(24)7-9-16/h3-9,13H,10-12H2,1-2H3,(H,25,29). The zero-order valence-electron chi connectivity index (χ0n) is 17.6. The van der Waals surface area contributed by atoms with Gasteiger partial charge in [-0.3, -0.25) is 23.7 Å². The van der Waals surface area contributed by atoms with Crippen molar-refractivity contribution in [3.8, 4) is 5.69 Å². The molecule has 0 aliphatic carbocycles. The lowest BCUT2D eigenvalue weighted by Crippen LogP contribution is -2.41. The maximum absolute atomic E-state index is 13.4. The first-order valence-electron chi connectivity index (χ1n) is 10.00. The van der Waals surface area contributed by atoms with Gasteiger partial charge in [-0.05, 0) is 47.9 Å². The second-order valence-electron chi connectivity index (χ2n) is 7.76. The summed E-state index contributed by atoms with van der Waals surface area (Å²) in [5, 5.41) is 0. The Bertz CT molecular complexity index is 1330. The van der Waals surface area contributed by atoms with Gasteiger partial charge in [-0.25, -0.2) is 4.39 Å². The lowest BCUT2D eigenvalue weighted by molar-refractivity contribution is 0.0727. The fourth-order valence-electron chi connectivity index (χ4n) is 3.81. The second kappa shape index (κ2) is 8.26. The predicted molar refractivity (Wildman–Crippen MR) is 116 cm³/mol. The van der Waals surface area contributed by atoms with Crippen LogP contribution in [-0.4, -0.2) is 51.8 Å². The van der Waals surface area contributed by atoms with E-state index in [-0.39, 0.29) is 35.8 Å². The molecule has 2 amide bonds. The molecule has 0 saturated carbocycles. The average molecular weight is 436 g/mol. The Balaban J connectivity index is 1.82. The largest absolute Gasteiger partial charge is 0.345 e. The van der Waals surface area contributed by atoms with Crippen LogP contribution >= 0.6 is 0 Å². The highest BCUT2D eigenvalue weighted by molar-refractivity contribution is 5.96. The second-order valence-corrected chi connectivity index (χ2v) is 7.76. The van der Waals surface area contributed by atoms with Crippen molar-refractivity contribution in [2.75, 3.05) is 20.6 Å². The Hall–Kier alpha value is -4.01. The van der Waals surface area contributed by atoms with Crippen LogP contribution in [0.25, 0.3) is 5.69 Å². The molecule has 0 saturated heterocycles. The third-order valence-corrected chi connectivity index (χ3v) is 5.41. The summed E-state index contributed by atoms with van der Waals surface area (Å²) in [5.41, 5.74) is 0.963. The third-order valence-electron chi connectivity index (χ3n) is 5.41. The lowest BCUT2D eigenvalue weighted by Gasteiger charge is -2.30. The zero-order valence-corrected chi connectivity index (χ0v) is 17.6. The molecule has 32 heavy (non-hydrogen) atoms. The fraction of sp³-hybridized carbons (Fsp3) is 0.217. The van der Waals surface area contributed by atoms with Gasteiger partial charge < -0.3 is 14.8 Å². The van der Waals surface area contributed by atoms with E-state index in [4.69, 9.17) is 0 Å². The van der Waals surface area contributed by atoms with E-state index in [1.807, 2.05) is 0 Å². The molecule has 8 nitrogen and oxygen atoms in total. The number of nitrogens with zero attached hydrogens (tertiary/aromatic N) is 3. The molecular weight excluding hydrogens is 415 g/mol. The van der Waals surface area contributed by atoms with Crippen LogP contribution in [0.1, 0.15) is 32.0 Å². The van der Waals surface area contributed by atoms with E-state index < -0.39 is 17.3 Å². The van der Waals surface area contributed by atoms with Crippen LogP contribution in [0.2, 0.25) is 0 Å². The number of rotatable bonds is 3. The first-order valence-corrected chi connectivity index (χ1v) is 10.00. The van der Waals surface area contributed by atoms with E-state index in [2.05, 4.69) is 4.98 Å². The van der Waals surface area contributed by atoms with Crippen LogP contribution in [-0.2, 0) is 13.0 Å². The van der Waals surface area contributed by atoms with Crippen molar-refractivity contribution in [1.82, 2.24) is 19.4 Å². The van der Waals surface area contributed by atoms with Crippen molar-refractivity contribution in [2.24, 2.45) is 0 Å². The van der Waals surface area contributed by atoms with E-state index >= 15 is 0 Å². The normalized spacial score (nSPS) is 12.9. The van der Waals surface area contributed by atoms with Crippen LogP contribution < -0.4 is 11.1 Å². The van der Waals surface area contributed by atoms with Gasteiger partial charge in [0, 0.05) is 45.1 Å². The molecule has 0 radical (unpaired) electrons. The van der Waals surface area contributed by atoms with Crippen molar-refractivity contribution in [2.45, 2.75) is 13.0 Å². The van der Waals surface area contributed by atoms with E-state index in [9.17, 15) is 23.6 Å². The van der Waals surface area contributed by atoms with E-state index in [0.29, 0.717) is 23.2 Å². The summed E-state index contributed by atoms with van der Waals surface area (Å²) in [5.74, 6) is -1.23. The Morgan fingerprint density at radius 1 is 1.06 bits per heavy atom. The molecule has 0 unspecified atom stereocenters. The first kappa shape index (κ1) is 21.2. The summed E-state index contributed by atoms with van der Waals surface area (Å²) in [7, 11) is 3.13. The number of amides is 2. The minimum atomic E-state index is -0.499. The zero-order chi connectivity index (χ0) is 23.0. The van der Waals surface area contributed by atoms with Crippen LogP contribution in [0, 0.1) is 5.82 Å². The number of aromatic amines is 1. The Morgan fingerprint density at radius 2 is 1.78 bits per heavy atom. The Morgan fingerprint density at radius 3 is 2.44 bits per heavy atom. The van der Waals surface area contributed by atoms with Crippen molar-refractivity contribution in [3.05, 3.63) is 97.6 Å². The Kier molecular flexibility index (Phi) is 5.48. The number of halogens is 1. The molecule has 0 atom stereocenters. The Labute approximate surface area is 182 Å². The quantitative estimate of drug-likeness (QED) is 0.674. The number of nitrogens with one attached hydrogen (secondary N) is 1. The summed E-state index contributed by atoms with van der Waals surface area (Å²) in [4.78, 5) is 56.0. The molecule has 1 aliphatic rings. The predicted octanol–water partition coefficient (Wildman–Crippen LogP) is 1.57. The number of H-pyrrole nitrogens is 1. The number of benzene rings is 1. The molecule has 1 aliphatic heterocycles. The van der Waals surface area contributed by atoms with Gasteiger partial charge in [-0.1, -0.05) is 6.07 Å². The number of hydrogen-bond donors (Lipinski definition) is 1. The molecule has 1 N–H and O–H groups in total. The van der Waals surface area contributed by atoms with Crippen LogP contribution in [0.3, 0.4) is 0 Å². The number of fused-ring (bicyclic) bond motifs is 1. The van der Waals surface area contributed by atoms with Gasteiger partial charge in [0.05, 0.1) is 0 Å². The van der Waals surface area contributed by atoms with Gasteiger partial charge >= 0.3 is 0 Å². The van der Waals surface area contributed by atoms with Gasteiger partial charge in [-0.2, -0.15) is 0 Å². The molecule has 2 aromatic heterocycles. The third kappa shape index (κ3) is 3.84. The highest BCUT2D eigenvalue weighted by Gasteiger charge is 2.29. The van der Waals surface area contributed by atoms with Gasteiger partial charge in [0.25, 0.3) is 17.4 Å². The lowest BCUT2D eigenvalue weighted by atomic mass is 9.95. The molecule has 1 aromatic carbocycles. The van der Waals surface area contributed by atoms with E-state index in [1.165, 1.54) is 51.9 Å². The molecule has 3 heterocycles. The van der Waals surface area contributed by atoms with E-state index in [1.54, 1.807) is 25.2 Å². The van der Waals surface area contributed by atoms with Gasteiger partial charge in [-0.15, -0.1) is 0 Å². The monoisotopic (exact) mass is 436 g/mol. The molecular formula is C23H21FN4O4. The number of carbonyl (C=O) groups is 2. The van der Waals surface area contributed by atoms with Crippen molar-refractivity contribution >= 4 is 11.8 Å². The number of hydrogen-bond acceptors (Lipinski definition) is 4. The summed E-state index contributed by atoms with van der Waals surface area (Å²) in [6.45, 7) is 0.441. The molecule has 0 bridgehead atoms. The topological polar surface area (TPSA) is 95.5 Å². The summed E-state index contributed by atoms with van der Waals surface area (Å²) < 4.78 is 14.7. The summed E-state index contributed by atoms with van der Waals surface area (Å²) in [6, 6.07) is 9.72. The number of carbonyl (C=O) groups excluding carboxylic acids is 2. The molecule has 3 aromatic rings. The first-order chi connectivity index (χ1) is 15.3. The highest BCUT2D eigenvalue weighted by Crippen LogP contribution is 2.24. The molecule has 4 rings (SSSR count). The summed E-state index contributed by atoms with van der Waals surface area (Å²) >= 11 is 0. The van der Waals surface area contributed by atoms with Crippen molar-refractivity contribution in [3.63, 3.8) is 0 Å². The van der Waals surface area contributed by atoms with Crippen molar-refractivity contribution < 1.29 is 14.0 Å². The van der Waals surface area contributed by atoms with Crippen LogP contribution in [0.4, 0.5) is 4.39 Å². The van der Waals surface area contributed by atoms with E-state index in [0.717, 1.165) is 0 Å². The number of aromatic nitrogens is 2. The van der Waals surface area contributed by atoms with Crippen molar-refractivity contribution in [1.29, 1.82) is 0 Å².